The SMILES string of the molecule is CC1CCCN(CC2(N)CC2)C1. The lowest BCUT2D eigenvalue weighted by atomic mass is 10.00. The van der Waals surface area contributed by atoms with E-state index in [1.807, 2.05) is 0 Å². The molecule has 2 N–H and O–H groups in total. The molecule has 0 aromatic carbocycles. The van der Waals surface area contributed by atoms with E-state index in [0.29, 0.717) is 0 Å². The van der Waals surface area contributed by atoms with E-state index in [1.54, 1.807) is 0 Å². The van der Waals surface area contributed by atoms with Crippen molar-refractivity contribution in [1.29, 1.82) is 0 Å². The van der Waals surface area contributed by atoms with Gasteiger partial charge >= 0.3 is 0 Å². The molecule has 2 heteroatoms. The maximum atomic E-state index is 6.08. The maximum Gasteiger partial charge on any atom is 0.0284 e. The smallest absolute Gasteiger partial charge is 0.0284 e. The van der Waals surface area contributed by atoms with Crippen LogP contribution in [0.2, 0.25) is 0 Å². The first kappa shape index (κ1) is 8.52. The van der Waals surface area contributed by atoms with Crippen LogP contribution in [0.5, 0.6) is 0 Å². The highest BCUT2D eigenvalue weighted by atomic mass is 15.2. The van der Waals surface area contributed by atoms with Crippen LogP contribution in [0.3, 0.4) is 0 Å². The number of nitrogens with two attached hydrogens (primary N) is 1. The summed E-state index contributed by atoms with van der Waals surface area (Å²) < 4.78 is 0. The molecule has 0 spiro atoms. The lowest BCUT2D eigenvalue weighted by Crippen LogP contribution is -2.43. The van der Waals surface area contributed by atoms with Gasteiger partial charge in [0.05, 0.1) is 0 Å². The van der Waals surface area contributed by atoms with Gasteiger partial charge in [-0.3, -0.25) is 0 Å². The topological polar surface area (TPSA) is 29.3 Å². The van der Waals surface area contributed by atoms with Crippen molar-refractivity contribution in [3.05, 3.63) is 0 Å². The van der Waals surface area contributed by atoms with Crippen LogP contribution in [0.4, 0.5) is 0 Å². The zero-order chi connectivity index (χ0) is 8.60. The number of piperidine rings is 1. The fourth-order valence-corrected chi connectivity index (χ4v) is 2.19. The molecule has 1 saturated heterocycles. The molecule has 1 heterocycles. The Bertz CT molecular complexity index is 163. The van der Waals surface area contributed by atoms with Crippen LogP contribution in [0.25, 0.3) is 0 Å². The maximum absolute atomic E-state index is 6.08. The number of hydrogen-bond acceptors (Lipinski definition) is 2. The minimum atomic E-state index is 0.219. The molecule has 1 unspecified atom stereocenters. The summed E-state index contributed by atoms with van der Waals surface area (Å²) >= 11 is 0. The minimum absolute atomic E-state index is 0.219. The fraction of sp³-hybridized carbons (Fsp3) is 1.00. The number of rotatable bonds is 2. The monoisotopic (exact) mass is 168 g/mol. The van der Waals surface area contributed by atoms with Gasteiger partial charge < -0.3 is 10.6 Å². The summed E-state index contributed by atoms with van der Waals surface area (Å²) in [7, 11) is 0. The Hall–Kier alpha value is -0.0800. The highest BCUT2D eigenvalue weighted by molar-refractivity contribution is 5.01. The van der Waals surface area contributed by atoms with Crippen molar-refractivity contribution in [3.63, 3.8) is 0 Å². The zero-order valence-corrected chi connectivity index (χ0v) is 8.05. The second-order valence-corrected chi connectivity index (χ2v) is 4.84. The minimum Gasteiger partial charge on any atom is -0.324 e. The summed E-state index contributed by atoms with van der Waals surface area (Å²) in [6.45, 7) is 6.06. The van der Waals surface area contributed by atoms with Crippen LogP contribution in [0.15, 0.2) is 0 Å². The van der Waals surface area contributed by atoms with E-state index in [9.17, 15) is 0 Å². The Labute approximate surface area is 75.1 Å². The molecular weight excluding hydrogens is 148 g/mol. The Kier molecular flexibility index (Phi) is 2.13. The highest BCUT2D eigenvalue weighted by Gasteiger charge is 2.40. The molecule has 12 heavy (non-hydrogen) atoms. The average molecular weight is 168 g/mol. The van der Waals surface area contributed by atoms with Crippen molar-refractivity contribution in [2.24, 2.45) is 11.7 Å². The van der Waals surface area contributed by atoms with E-state index in [1.165, 1.54) is 38.8 Å². The normalized spacial score (nSPS) is 35.0. The molecule has 2 aliphatic rings. The molecular formula is C10H20N2. The standard InChI is InChI=1S/C10H20N2/c1-9-3-2-6-12(7-9)8-10(11)4-5-10/h9H,2-8,11H2,1H3. The van der Waals surface area contributed by atoms with Gasteiger partial charge in [-0.2, -0.15) is 0 Å². The van der Waals surface area contributed by atoms with Gasteiger partial charge in [0.2, 0.25) is 0 Å². The van der Waals surface area contributed by atoms with Gasteiger partial charge in [-0.15, -0.1) is 0 Å². The van der Waals surface area contributed by atoms with Crippen molar-refractivity contribution in [2.75, 3.05) is 19.6 Å². The Morgan fingerprint density at radius 3 is 2.83 bits per heavy atom. The van der Waals surface area contributed by atoms with Crippen molar-refractivity contribution in [2.45, 2.75) is 38.1 Å². The van der Waals surface area contributed by atoms with Crippen molar-refractivity contribution in [3.8, 4) is 0 Å². The third-order valence-electron chi connectivity index (χ3n) is 3.17. The Balaban J connectivity index is 1.79. The third-order valence-corrected chi connectivity index (χ3v) is 3.17. The van der Waals surface area contributed by atoms with Crippen molar-refractivity contribution >= 4 is 0 Å². The number of nitrogens with zero attached hydrogens (tertiary/aromatic N) is 1. The molecule has 2 nitrogen and oxygen atoms in total. The first-order valence-corrected chi connectivity index (χ1v) is 5.19. The van der Waals surface area contributed by atoms with E-state index in [4.69, 9.17) is 5.73 Å². The van der Waals surface area contributed by atoms with Gasteiger partial charge in [-0.25, -0.2) is 0 Å². The molecule has 1 atom stereocenters. The van der Waals surface area contributed by atoms with Crippen molar-refractivity contribution in [1.82, 2.24) is 4.90 Å². The predicted octanol–water partition coefficient (Wildman–Crippen LogP) is 1.21. The van der Waals surface area contributed by atoms with Crippen LogP contribution >= 0.6 is 0 Å². The molecule has 0 bridgehead atoms. The van der Waals surface area contributed by atoms with Gasteiger partial charge in [0.25, 0.3) is 0 Å². The molecule has 2 fully saturated rings. The van der Waals surface area contributed by atoms with E-state index in [0.717, 1.165) is 12.5 Å². The molecule has 1 aliphatic carbocycles. The van der Waals surface area contributed by atoms with E-state index < -0.39 is 0 Å². The Morgan fingerprint density at radius 1 is 1.50 bits per heavy atom. The second-order valence-electron chi connectivity index (χ2n) is 4.84. The molecule has 2 rings (SSSR count). The van der Waals surface area contributed by atoms with Gasteiger partial charge in [0.15, 0.2) is 0 Å². The van der Waals surface area contributed by atoms with Crippen LogP contribution < -0.4 is 5.73 Å². The molecule has 1 aliphatic heterocycles. The quantitative estimate of drug-likeness (QED) is 0.671. The fourth-order valence-electron chi connectivity index (χ4n) is 2.19. The van der Waals surface area contributed by atoms with E-state index in [-0.39, 0.29) is 5.54 Å². The van der Waals surface area contributed by atoms with Crippen LogP contribution in [-0.2, 0) is 0 Å². The van der Waals surface area contributed by atoms with Gasteiger partial charge in [-0.1, -0.05) is 6.92 Å². The lowest BCUT2D eigenvalue weighted by molar-refractivity contribution is 0.170. The lowest BCUT2D eigenvalue weighted by Gasteiger charge is -2.32. The molecule has 70 valence electrons. The summed E-state index contributed by atoms with van der Waals surface area (Å²) in [6.07, 6.45) is 5.28. The second kappa shape index (κ2) is 3.00. The van der Waals surface area contributed by atoms with E-state index >= 15 is 0 Å². The molecule has 1 saturated carbocycles. The Morgan fingerprint density at radius 2 is 2.25 bits per heavy atom. The van der Waals surface area contributed by atoms with E-state index in [2.05, 4.69) is 11.8 Å². The average Bonchev–Trinajstić information content (AvgIpc) is 2.67. The molecule has 0 aromatic heterocycles. The van der Waals surface area contributed by atoms with Crippen LogP contribution in [-0.4, -0.2) is 30.1 Å². The first-order chi connectivity index (χ1) is 5.68. The van der Waals surface area contributed by atoms with Gasteiger partial charge in [-0.05, 0) is 38.1 Å². The van der Waals surface area contributed by atoms with Gasteiger partial charge in [0, 0.05) is 18.6 Å². The molecule has 0 radical (unpaired) electrons. The van der Waals surface area contributed by atoms with Crippen LogP contribution in [0, 0.1) is 5.92 Å². The van der Waals surface area contributed by atoms with Crippen LogP contribution in [0.1, 0.15) is 32.6 Å². The number of hydrogen-bond donors (Lipinski definition) is 1. The largest absolute Gasteiger partial charge is 0.324 e. The first-order valence-electron chi connectivity index (χ1n) is 5.19. The third kappa shape index (κ3) is 1.99. The molecule has 0 amide bonds. The summed E-state index contributed by atoms with van der Waals surface area (Å²) in [5.41, 5.74) is 6.30. The van der Waals surface area contributed by atoms with Crippen molar-refractivity contribution < 1.29 is 0 Å². The molecule has 0 aromatic rings. The van der Waals surface area contributed by atoms with Gasteiger partial charge in [0.1, 0.15) is 0 Å². The number of likely N-dealkylation sites (tertiary alicyclic amines) is 1. The summed E-state index contributed by atoms with van der Waals surface area (Å²) in [5.74, 6) is 0.890. The summed E-state index contributed by atoms with van der Waals surface area (Å²) in [4.78, 5) is 2.56. The summed E-state index contributed by atoms with van der Waals surface area (Å²) in [5, 5.41) is 0. The zero-order valence-electron chi connectivity index (χ0n) is 8.05. The predicted molar refractivity (Wildman–Crippen MR) is 51.0 cm³/mol. The summed E-state index contributed by atoms with van der Waals surface area (Å²) in [6, 6.07) is 0. The highest BCUT2D eigenvalue weighted by Crippen LogP contribution is 2.33.